The Labute approximate surface area is 129 Å². The summed E-state index contributed by atoms with van der Waals surface area (Å²) in [6.45, 7) is 3.32. The normalized spacial score (nSPS) is 26.8. The number of hydrogen-bond donors (Lipinski definition) is 1. The number of pyridine rings is 1. The van der Waals surface area contributed by atoms with E-state index in [0.717, 1.165) is 6.54 Å². The lowest BCUT2D eigenvalue weighted by Gasteiger charge is -2.44. The van der Waals surface area contributed by atoms with Crippen LogP contribution in [0.25, 0.3) is 5.65 Å². The van der Waals surface area contributed by atoms with Gasteiger partial charge < -0.3 is 14.6 Å². The van der Waals surface area contributed by atoms with Crippen molar-refractivity contribution in [2.24, 2.45) is 5.92 Å². The smallest absolute Gasteiger partial charge is 0.251 e. The van der Waals surface area contributed by atoms with Crippen LogP contribution in [0.2, 0.25) is 0 Å². The van der Waals surface area contributed by atoms with E-state index < -0.39 is 0 Å². The maximum absolute atomic E-state index is 12.5. The molecule has 2 aromatic heterocycles. The summed E-state index contributed by atoms with van der Waals surface area (Å²) < 4.78 is 1.83. The van der Waals surface area contributed by atoms with Gasteiger partial charge in [-0.05, 0) is 49.9 Å². The fraction of sp³-hybridized carbons (Fsp3) is 0.412. The number of aromatic nitrogens is 2. The first-order chi connectivity index (χ1) is 10.7. The van der Waals surface area contributed by atoms with Crippen molar-refractivity contribution < 1.29 is 4.79 Å². The quantitative estimate of drug-likeness (QED) is 0.845. The first-order valence-electron chi connectivity index (χ1n) is 7.71. The molecule has 5 heterocycles. The van der Waals surface area contributed by atoms with Crippen LogP contribution < -0.4 is 5.32 Å². The third-order valence-corrected chi connectivity index (χ3v) is 4.84. The molecule has 0 saturated carbocycles. The highest BCUT2D eigenvalue weighted by Crippen LogP contribution is 2.27. The van der Waals surface area contributed by atoms with Gasteiger partial charge in [-0.3, -0.25) is 4.79 Å². The predicted octanol–water partition coefficient (Wildman–Crippen LogP) is 1.14. The maximum Gasteiger partial charge on any atom is 0.251 e. The number of imidazole rings is 1. The molecule has 22 heavy (non-hydrogen) atoms. The van der Waals surface area contributed by atoms with Gasteiger partial charge in [0.2, 0.25) is 0 Å². The number of carbonyl (C=O) groups is 1. The van der Waals surface area contributed by atoms with Crippen molar-refractivity contribution in [3.05, 3.63) is 35.8 Å². The molecule has 5 nitrogen and oxygen atoms in total. The highest BCUT2D eigenvalue weighted by molar-refractivity contribution is 5.95. The van der Waals surface area contributed by atoms with Crippen molar-refractivity contribution in [2.45, 2.75) is 18.9 Å². The van der Waals surface area contributed by atoms with Gasteiger partial charge in [0.1, 0.15) is 11.3 Å². The average Bonchev–Trinajstić information content (AvgIpc) is 2.98. The minimum Gasteiger partial charge on any atom is -0.348 e. The molecule has 0 radical (unpaired) electrons. The molecule has 0 spiro atoms. The second kappa shape index (κ2) is 5.15. The van der Waals surface area contributed by atoms with Gasteiger partial charge in [-0.2, -0.15) is 0 Å². The van der Waals surface area contributed by atoms with Crippen molar-refractivity contribution in [2.75, 3.05) is 19.6 Å². The lowest BCUT2D eigenvalue weighted by atomic mass is 9.84. The predicted molar refractivity (Wildman–Crippen MR) is 83.5 cm³/mol. The zero-order valence-corrected chi connectivity index (χ0v) is 12.3. The summed E-state index contributed by atoms with van der Waals surface area (Å²) in [7, 11) is 0. The fourth-order valence-electron chi connectivity index (χ4n) is 3.57. The van der Waals surface area contributed by atoms with Crippen molar-refractivity contribution in [1.82, 2.24) is 19.6 Å². The molecule has 0 aliphatic carbocycles. The molecule has 0 aromatic carbocycles. The Morgan fingerprint density at radius 2 is 2.23 bits per heavy atom. The summed E-state index contributed by atoms with van der Waals surface area (Å²) >= 11 is 0. The van der Waals surface area contributed by atoms with Gasteiger partial charge >= 0.3 is 0 Å². The monoisotopic (exact) mass is 294 g/mol. The van der Waals surface area contributed by atoms with Crippen molar-refractivity contribution in [3.8, 4) is 12.3 Å². The van der Waals surface area contributed by atoms with Crippen LogP contribution in [0, 0.1) is 18.3 Å². The fourth-order valence-corrected chi connectivity index (χ4v) is 3.57. The van der Waals surface area contributed by atoms with E-state index in [9.17, 15) is 4.79 Å². The second-order valence-corrected chi connectivity index (χ2v) is 6.17. The molecule has 1 amide bonds. The van der Waals surface area contributed by atoms with Gasteiger partial charge in [0.15, 0.2) is 0 Å². The number of hydrogen-bond acceptors (Lipinski definition) is 3. The van der Waals surface area contributed by atoms with Gasteiger partial charge in [-0.1, -0.05) is 0 Å². The Bertz CT molecular complexity index is 765. The molecule has 1 N–H and O–H groups in total. The molecule has 1 atom stereocenters. The van der Waals surface area contributed by atoms with Crippen molar-refractivity contribution in [3.63, 3.8) is 0 Å². The molecule has 3 aliphatic rings. The number of piperidine rings is 3. The van der Waals surface area contributed by atoms with Crippen LogP contribution in [0.3, 0.4) is 0 Å². The molecule has 112 valence electrons. The lowest BCUT2D eigenvalue weighted by molar-refractivity contribution is 0.0620. The minimum absolute atomic E-state index is 0.0218. The van der Waals surface area contributed by atoms with Crippen LogP contribution in [0.1, 0.15) is 28.9 Å². The highest BCUT2D eigenvalue weighted by Gasteiger charge is 2.34. The van der Waals surface area contributed by atoms with Crippen LogP contribution in [0.4, 0.5) is 0 Å². The zero-order valence-electron chi connectivity index (χ0n) is 12.3. The first-order valence-corrected chi connectivity index (χ1v) is 7.71. The topological polar surface area (TPSA) is 49.6 Å². The number of terminal acetylenes is 1. The van der Waals surface area contributed by atoms with E-state index in [1.807, 2.05) is 16.7 Å². The van der Waals surface area contributed by atoms with Crippen molar-refractivity contribution in [1.29, 1.82) is 0 Å². The summed E-state index contributed by atoms with van der Waals surface area (Å²) in [4.78, 5) is 19.2. The minimum atomic E-state index is -0.0218. The molecule has 3 saturated heterocycles. The zero-order chi connectivity index (χ0) is 15.1. The van der Waals surface area contributed by atoms with Crippen LogP contribution >= 0.6 is 0 Å². The summed E-state index contributed by atoms with van der Waals surface area (Å²) in [6.07, 6.45) is 11.4. The number of rotatable bonds is 2. The van der Waals surface area contributed by atoms with Crippen LogP contribution in [-0.2, 0) is 0 Å². The summed E-state index contributed by atoms with van der Waals surface area (Å²) in [6, 6.07) is 3.87. The average molecular weight is 294 g/mol. The Kier molecular flexibility index (Phi) is 3.12. The van der Waals surface area contributed by atoms with Gasteiger partial charge in [-0.15, -0.1) is 6.42 Å². The molecule has 2 aromatic rings. The van der Waals surface area contributed by atoms with Crippen molar-refractivity contribution >= 4 is 11.6 Å². The summed E-state index contributed by atoms with van der Waals surface area (Å²) in [5, 5.41) is 3.19. The number of nitrogens with zero attached hydrogens (tertiary/aromatic N) is 3. The van der Waals surface area contributed by atoms with E-state index in [1.54, 1.807) is 12.3 Å². The van der Waals surface area contributed by atoms with Crippen LogP contribution in [0.15, 0.2) is 24.5 Å². The number of nitrogens with one attached hydrogen (secondary N) is 1. The number of carbonyl (C=O) groups excluding carboxylic acids is 1. The molecule has 3 fully saturated rings. The Balaban J connectivity index is 1.54. The van der Waals surface area contributed by atoms with Crippen LogP contribution in [-0.4, -0.2) is 45.9 Å². The molecule has 1 unspecified atom stereocenters. The van der Waals surface area contributed by atoms with E-state index in [-0.39, 0.29) is 11.9 Å². The molecule has 5 rings (SSSR count). The third-order valence-electron chi connectivity index (χ3n) is 4.84. The Hall–Kier alpha value is -2.32. The molecule has 3 aliphatic heterocycles. The summed E-state index contributed by atoms with van der Waals surface area (Å²) in [5.74, 6) is 3.11. The van der Waals surface area contributed by atoms with E-state index in [4.69, 9.17) is 6.42 Å². The summed E-state index contributed by atoms with van der Waals surface area (Å²) in [5.41, 5.74) is 1.92. The first kappa shape index (κ1) is 13.4. The van der Waals surface area contributed by atoms with Gasteiger partial charge in [0.05, 0.1) is 0 Å². The van der Waals surface area contributed by atoms with E-state index >= 15 is 0 Å². The van der Waals surface area contributed by atoms with Gasteiger partial charge in [0.25, 0.3) is 5.91 Å². The molecule has 5 heteroatoms. The van der Waals surface area contributed by atoms with E-state index in [0.29, 0.717) is 22.8 Å². The van der Waals surface area contributed by atoms with Gasteiger partial charge in [0, 0.05) is 30.5 Å². The largest absolute Gasteiger partial charge is 0.348 e. The van der Waals surface area contributed by atoms with E-state index in [1.165, 1.54) is 25.9 Å². The molecule has 2 bridgehead atoms. The Morgan fingerprint density at radius 1 is 1.41 bits per heavy atom. The maximum atomic E-state index is 12.5. The lowest BCUT2D eigenvalue weighted by Crippen LogP contribution is -2.57. The number of amides is 1. The van der Waals surface area contributed by atoms with E-state index in [2.05, 4.69) is 21.1 Å². The standard InChI is InChI=1S/C17H18N4O/c1-2-14-10-21-8-5-13(9-16(21)18-14)17(22)19-15-11-20-6-3-12(15)4-7-20/h1,5,8-10,12,15H,3-4,6-7,11H2,(H,19,22). The SMILES string of the molecule is C#Cc1cn2ccc(C(=O)NC3CN4CCC3CC4)cc2n1. The van der Waals surface area contributed by atoms with Gasteiger partial charge in [-0.25, -0.2) is 4.98 Å². The van der Waals surface area contributed by atoms with Crippen LogP contribution in [0.5, 0.6) is 0 Å². The second-order valence-electron chi connectivity index (χ2n) is 6.17. The molecular weight excluding hydrogens is 276 g/mol. The Morgan fingerprint density at radius 3 is 2.91 bits per heavy atom. The molecular formula is C17H18N4O. The number of fused-ring (bicyclic) bond motifs is 4. The third kappa shape index (κ3) is 2.26. The highest BCUT2D eigenvalue weighted by atomic mass is 16.1.